The van der Waals surface area contributed by atoms with E-state index in [0.717, 1.165) is 0 Å². The van der Waals surface area contributed by atoms with Gasteiger partial charge < -0.3 is 19.8 Å². The van der Waals surface area contributed by atoms with Crippen molar-refractivity contribution in [1.29, 1.82) is 0 Å². The second-order valence-electron chi connectivity index (χ2n) is 2.46. The Morgan fingerprint density at radius 1 is 1.38 bits per heavy atom. The van der Waals surface area contributed by atoms with Crippen LogP contribution in [0.1, 0.15) is 19.3 Å². The van der Waals surface area contributed by atoms with Gasteiger partial charge in [0.05, 0.1) is 0 Å². The molecule has 0 amide bonds. The number of aliphatic carboxylic acids is 2. The minimum absolute atomic E-state index is 0. The van der Waals surface area contributed by atoms with Crippen LogP contribution in [0, 0.1) is 5.92 Å². The van der Waals surface area contributed by atoms with Crippen LogP contribution in [0.5, 0.6) is 0 Å². The van der Waals surface area contributed by atoms with Gasteiger partial charge in [0.25, 0.3) is 0 Å². The van der Waals surface area contributed by atoms with Gasteiger partial charge in [-0.05, 0) is 19.3 Å². The van der Waals surface area contributed by atoms with Crippen LogP contribution in [-0.2, 0) is 9.59 Å². The van der Waals surface area contributed by atoms with Crippen LogP contribution in [0.3, 0.4) is 0 Å². The van der Waals surface area contributed by atoms with Gasteiger partial charge in [0.15, 0.2) is 0 Å². The minimum atomic E-state index is -1.37. The Morgan fingerprint density at radius 2 is 1.92 bits per heavy atom. The Bertz CT molecular complexity index is 191. The summed E-state index contributed by atoms with van der Waals surface area (Å²) in [5.41, 5.74) is 0. The fourth-order valence-electron chi connectivity index (χ4n) is 0.823. The maximum atomic E-state index is 10.3. The van der Waals surface area contributed by atoms with Crippen LogP contribution in [0.25, 0.3) is 0 Å². The molecule has 0 spiro atoms. The molecule has 0 radical (unpaired) electrons. The van der Waals surface area contributed by atoms with Gasteiger partial charge in [-0.15, -0.1) is 6.58 Å². The van der Waals surface area contributed by atoms with Gasteiger partial charge in [-0.3, -0.25) is 0 Å². The first kappa shape index (κ1) is 15.4. The van der Waals surface area contributed by atoms with Crippen LogP contribution in [0.15, 0.2) is 12.7 Å². The van der Waals surface area contributed by atoms with E-state index in [0.29, 0.717) is 6.42 Å². The van der Waals surface area contributed by atoms with Crippen molar-refractivity contribution >= 4 is 49.7 Å². The molecule has 0 heterocycles. The van der Waals surface area contributed by atoms with E-state index in [1.54, 1.807) is 0 Å². The molecule has 0 saturated heterocycles. The van der Waals surface area contributed by atoms with Gasteiger partial charge in [0.2, 0.25) is 0 Å². The molecule has 0 aliphatic rings. The van der Waals surface area contributed by atoms with Crippen LogP contribution in [0.2, 0.25) is 0 Å². The van der Waals surface area contributed by atoms with Crippen LogP contribution in [-0.4, -0.2) is 49.7 Å². The van der Waals surface area contributed by atoms with E-state index in [-0.39, 0.29) is 44.2 Å². The molecule has 0 fully saturated rings. The molecule has 4 nitrogen and oxygen atoms in total. The van der Waals surface area contributed by atoms with Gasteiger partial charge in [0.1, 0.15) is 0 Å². The summed E-state index contributed by atoms with van der Waals surface area (Å²) in [4.78, 5) is 20.4. The molecule has 0 aliphatic heterocycles. The number of hydrogen-bond acceptors (Lipinski definition) is 4. The van der Waals surface area contributed by atoms with Crippen LogP contribution in [0.4, 0.5) is 0 Å². The van der Waals surface area contributed by atoms with Crippen molar-refractivity contribution in [3.05, 3.63) is 12.7 Å². The van der Waals surface area contributed by atoms with E-state index in [4.69, 9.17) is 0 Å². The summed E-state index contributed by atoms with van der Waals surface area (Å²) in [6.45, 7) is 3.39. The molecule has 1 unspecified atom stereocenters. The fraction of sp³-hybridized carbons (Fsp3) is 0.500. The molecule has 0 aromatic rings. The number of rotatable bonds is 6. The van der Waals surface area contributed by atoms with E-state index in [1.807, 2.05) is 0 Å². The third kappa shape index (κ3) is 8.27. The number of carboxylic acids is 2. The van der Waals surface area contributed by atoms with Gasteiger partial charge in [-0.1, -0.05) is 6.08 Å². The smallest absolute Gasteiger partial charge is 0.550 e. The Balaban J connectivity index is 0. The second-order valence-corrected chi connectivity index (χ2v) is 2.46. The first-order chi connectivity index (χ1) is 5.57. The van der Waals surface area contributed by atoms with Gasteiger partial charge in [-0.2, -0.15) is 0 Å². The third-order valence-corrected chi connectivity index (χ3v) is 1.47. The monoisotopic (exact) mass is 210 g/mol. The van der Waals surface area contributed by atoms with Crippen molar-refractivity contribution in [3.63, 3.8) is 0 Å². The molecule has 0 bridgehead atoms. The Labute approximate surface area is 107 Å². The zero-order valence-electron chi connectivity index (χ0n) is 7.32. The third-order valence-electron chi connectivity index (χ3n) is 1.47. The molecular weight excluding hydrogens is 200 g/mol. The number of carboxylic acid groups (broad SMARTS) is 2. The Morgan fingerprint density at radius 3 is 2.23 bits per heavy atom. The number of allylic oxidation sites excluding steroid dienone is 1. The Kier molecular flexibility index (Phi) is 10.1. The van der Waals surface area contributed by atoms with E-state index in [9.17, 15) is 19.8 Å². The van der Waals surface area contributed by atoms with Gasteiger partial charge in [-0.25, -0.2) is 0 Å². The van der Waals surface area contributed by atoms with E-state index < -0.39 is 24.3 Å². The number of carbonyl (C=O) groups excluding carboxylic acids is 2. The average molecular weight is 210 g/mol. The molecule has 0 saturated carbocycles. The van der Waals surface area contributed by atoms with Gasteiger partial charge >= 0.3 is 37.7 Å². The maximum Gasteiger partial charge on any atom is 2.00 e. The summed E-state index contributed by atoms with van der Waals surface area (Å²) >= 11 is 0. The Hall–Kier alpha value is -0.0603. The van der Waals surface area contributed by atoms with Crippen LogP contribution >= 0.6 is 0 Å². The largest absolute Gasteiger partial charge is 2.00 e. The zero-order valence-corrected chi connectivity index (χ0v) is 9.53. The summed E-state index contributed by atoms with van der Waals surface area (Å²) in [6.07, 6.45) is 1.74. The normalized spacial score (nSPS) is 11.1. The first-order valence-corrected chi connectivity index (χ1v) is 3.59. The minimum Gasteiger partial charge on any atom is -0.550 e. The predicted octanol–water partition coefficient (Wildman–Crippen LogP) is -1.92. The summed E-state index contributed by atoms with van der Waals surface area (Å²) in [7, 11) is 0. The van der Waals surface area contributed by atoms with Crippen molar-refractivity contribution in [3.8, 4) is 0 Å². The summed E-state index contributed by atoms with van der Waals surface area (Å²) in [6, 6.07) is 0. The molecule has 68 valence electrons. The molecule has 5 heteroatoms. The molecule has 0 rings (SSSR count). The SMILES string of the molecule is C=CCCC(CC(=O)[O-])C(=O)[O-].[Ca+2]. The van der Waals surface area contributed by atoms with Crippen molar-refractivity contribution < 1.29 is 19.8 Å². The van der Waals surface area contributed by atoms with Crippen molar-refractivity contribution in [2.45, 2.75) is 19.3 Å². The average Bonchev–Trinajstić information content (AvgIpc) is 1.96. The summed E-state index contributed by atoms with van der Waals surface area (Å²) in [5.74, 6) is -3.68. The molecule has 0 aromatic heterocycles. The van der Waals surface area contributed by atoms with Crippen molar-refractivity contribution in [1.82, 2.24) is 0 Å². The molecule has 0 N–H and O–H groups in total. The predicted molar refractivity (Wildman–Crippen MR) is 43.3 cm³/mol. The zero-order chi connectivity index (χ0) is 9.56. The molecule has 0 aromatic carbocycles. The van der Waals surface area contributed by atoms with Crippen molar-refractivity contribution in [2.75, 3.05) is 0 Å². The summed E-state index contributed by atoms with van der Waals surface area (Å²) in [5, 5.41) is 20.4. The van der Waals surface area contributed by atoms with E-state index >= 15 is 0 Å². The molecule has 1 atom stereocenters. The second kappa shape index (κ2) is 8.53. The van der Waals surface area contributed by atoms with E-state index in [2.05, 4.69) is 6.58 Å². The number of carbonyl (C=O) groups is 2. The fourth-order valence-corrected chi connectivity index (χ4v) is 0.823. The molecule has 13 heavy (non-hydrogen) atoms. The standard InChI is InChI=1S/C8H12O4.Ca/c1-2-3-4-6(8(11)12)5-7(9)10;/h2,6H,1,3-5H2,(H,9,10)(H,11,12);/q;+2/p-2. The topological polar surface area (TPSA) is 80.3 Å². The quantitative estimate of drug-likeness (QED) is 0.378. The number of hydrogen-bond donors (Lipinski definition) is 0. The van der Waals surface area contributed by atoms with E-state index in [1.165, 1.54) is 6.08 Å². The van der Waals surface area contributed by atoms with Crippen molar-refractivity contribution in [2.24, 2.45) is 5.92 Å². The first-order valence-electron chi connectivity index (χ1n) is 3.59. The summed E-state index contributed by atoms with van der Waals surface area (Å²) < 4.78 is 0. The maximum absolute atomic E-state index is 10.3. The van der Waals surface area contributed by atoms with Gasteiger partial charge in [0, 0.05) is 17.9 Å². The molecule has 0 aliphatic carbocycles. The molecular formula is C8H10CaO4. The van der Waals surface area contributed by atoms with Crippen LogP contribution < -0.4 is 10.2 Å².